The highest BCUT2D eigenvalue weighted by Gasteiger charge is 2.36. The highest BCUT2D eigenvalue weighted by atomic mass is 79.9. The molecule has 1 fully saturated rings. The van der Waals surface area contributed by atoms with Gasteiger partial charge in [0.1, 0.15) is 29.1 Å². The maximum Gasteiger partial charge on any atom is 0.358 e. The minimum atomic E-state index is -1.31. The lowest BCUT2D eigenvalue weighted by molar-refractivity contribution is 0.0541. The molecule has 0 bridgehead atoms. The summed E-state index contributed by atoms with van der Waals surface area (Å²) >= 11 is 3.52. The summed E-state index contributed by atoms with van der Waals surface area (Å²) in [5.41, 5.74) is 2.31. The number of halogens is 2. The number of carbonyl (C=O) groups is 1. The van der Waals surface area contributed by atoms with Crippen LogP contribution in [0.25, 0.3) is 22.1 Å². The maximum absolute atomic E-state index is 15.3. The van der Waals surface area contributed by atoms with Crippen LogP contribution in [0.5, 0.6) is 0 Å². The Balaban J connectivity index is 1.75. The molecule has 4 aromatic heterocycles. The lowest BCUT2D eigenvalue weighted by atomic mass is 9.88. The van der Waals surface area contributed by atoms with Crippen molar-refractivity contribution in [1.29, 1.82) is 0 Å². The van der Waals surface area contributed by atoms with Crippen molar-refractivity contribution in [2.45, 2.75) is 51.3 Å². The van der Waals surface area contributed by atoms with Gasteiger partial charge in [-0.15, -0.1) is 0 Å². The summed E-state index contributed by atoms with van der Waals surface area (Å²) < 4.78 is 31.1. The van der Waals surface area contributed by atoms with Gasteiger partial charge >= 0.3 is 5.97 Å². The third kappa shape index (κ3) is 5.27. The first-order chi connectivity index (χ1) is 18.2. The van der Waals surface area contributed by atoms with Gasteiger partial charge in [-0.25, -0.2) is 13.9 Å². The van der Waals surface area contributed by atoms with Crippen LogP contribution >= 0.6 is 15.9 Å². The largest absolute Gasteiger partial charge is 0.476 e. The molecule has 0 saturated carbocycles. The zero-order chi connectivity index (χ0) is 27.0. The highest BCUT2D eigenvalue weighted by molar-refractivity contribution is 9.10. The van der Waals surface area contributed by atoms with E-state index in [1.165, 1.54) is 6.07 Å². The van der Waals surface area contributed by atoms with Crippen molar-refractivity contribution in [2.24, 2.45) is 5.92 Å². The Labute approximate surface area is 229 Å². The molecule has 5 heterocycles. The van der Waals surface area contributed by atoms with Crippen LogP contribution in [0.4, 0.5) is 4.39 Å². The quantitative estimate of drug-likeness (QED) is 0.193. The Hall–Kier alpha value is -2.67. The molecular weight excluding hydrogens is 573 g/mol. The number of hydrogen-bond acceptors (Lipinski definition) is 6. The second-order valence-electron chi connectivity index (χ2n) is 10.9. The first-order valence-corrected chi connectivity index (χ1v) is 17.2. The molecule has 1 N–H and O–H groups in total. The van der Waals surface area contributed by atoms with Gasteiger partial charge in [0.2, 0.25) is 0 Å². The van der Waals surface area contributed by atoms with Crippen molar-refractivity contribution in [3.05, 3.63) is 52.3 Å². The number of fused-ring (bicyclic) bond motifs is 3. The molecule has 0 aromatic carbocycles. The molecule has 0 radical (unpaired) electrons. The molecule has 1 unspecified atom stereocenters. The molecule has 12 heteroatoms. The van der Waals surface area contributed by atoms with E-state index < -0.39 is 25.9 Å². The van der Waals surface area contributed by atoms with Crippen LogP contribution in [-0.2, 0) is 16.2 Å². The molecule has 5 rings (SSSR count). The molecule has 0 amide bonds. The van der Waals surface area contributed by atoms with Crippen LogP contribution in [0.3, 0.4) is 0 Å². The Morgan fingerprint density at radius 2 is 2.05 bits per heavy atom. The molecule has 1 saturated heterocycles. The van der Waals surface area contributed by atoms with Gasteiger partial charge < -0.3 is 19.1 Å². The zero-order valence-electron chi connectivity index (χ0n) is 21.7. The Morgan fingerprint density at radius 1 is 1.29 bits per heavy atom. The zero-order valence-corrected chi connectivity index (χ0v) is 24.2. The average molecular weight is 605 g/mol. The smallest absolute Gasteiger partial charge is 0.358 e. The monoisotopic (exact) mass is 603 g/mol. The van der Waals surface area contributed by atoms with Crippen LogP contribution < -0.4 is 0 Å². The number of aromatic carboxylic acids is 1. The highest BCUT2D eigenvalue weighted by Crippen LogP contribution is 2.41. The van der Waals surface area contributed by atoms with E-state index in [1.54, 1.807) is 23.1 Å². The molecule has 9 nitrogen and oxygen atoms in total. The van der Waals surface area contributed by atoms with E-state index >= 15 is 4.39 Å². The van der Waals surface area contributed by atoms with Gasteiger partial charge in [-0.3, -0.25) is 9.97 Å². The molecular formula is C26H31BrFN5O4Si. The summed E-state index contributed by atoms with van der Waals surface area (Å²) in [5, 5.41) is 14.7. The molecule has 0 aliphatic carbocycles. The standard InChI is InChI=1S/C26H31BrFN5O4Si/c1-38(2,3)12-11-37-15-32-24-21-19(13-17(27)14-30-21)33(25(24)22(31-32)26(34)35)23(16-6-9-36-10-7-16)20-18(28)5-4-8-29-20/h4-5,8,13-14,16,23H,6-7,9-12,15H2,1-3H3,(H,34,35). The fourth-order valence-electron chi connectivity index (χ4n) is 5.09. The fraction of sp³-hybridized carbons (Fsp3) is 0.462. The minimum absolute atomic E-state index is 0.0380. The van der Waals surface area contributed by atoms with Gasteiger partial charge in [-0.05, 0) is 58.9 Å². The summed E-state index contributed by atoms with van der Waals surface area (Å²) in [5.74, 6) is -1.66. The summed E-state index contributed by atoms with van der Waals surface area (Å²) in [6.07, 6.45) is 4.59. The summed E-state index contributed by atoms with van der Waals surface area (Å²) in [6.45, 7) is 8.53. The van der Waals surface area contributed by atoms with E-state index in [9.17, 15) is 9.90 Å². The predicted molar refractivity (Wildman–Crippen MR) is 148 cm³/mol. The second-order valence-corrected chi connectivity index (χ2v) is 17.4. The van der Waals surface area contributed by atoms with E-state index in [0.29, 0.717) is 54.7 Å². The second kappa shape index (κ2) is 10.8. The first-order valence-electron chi connectivity index (χ1n) is 12.7. The number of ether oxygens (including phenoxy) is 2. The Bertz CT molecular complexity index is 1480. The number of nitrogens with zero attached hydrogens (tertiary/aromatic N) is 5. The summed E-state index contributed by atoms with van der Waals surface area (Å²) in [4.78, 5) is 21.6. The lowest BCUT2D eigenvalue weighted by Gasteiger charge is -2.32. The van der Waals surface area contributed by atoms with Crippen LogP contribution in [0.1, 0.15) is 35.1 Å². The number of aromatic nitrogens is 5. The van der Waals surface area contributed by atoms with Gasteiger partial charge in [0.05, 0.1) is 17.3 Å². The van der Waals surface area contributed by atoms with E-state index in [2.05, 4.69) is 50.6 Å². The van der Waals surface area contributed by atoms with Crippen molar-refractivity contribution >= 4 is 52.0 Å². The number of rotatable bonds is 9. The van der Waals surface area contributed by atoms with Gasteiger partial charge in [-0.2, -0.15) is 5.10 Å². The SMILES string of the molecule is C[Si](C)(C)CCOCn1nc(C(=O)O)c2c1c1ncc(Br)cc1n2C(c1ncccc1F)C1CCOCC1. The molecule has 1 atom stereocenters. The molecule has 202 valence electrons. The fourth-order valence-corrected chi connectivity index (χ4v) is 6.17. The third-order valence-electron chi connectivity index (χ3n) is 6.96. The predicted octanol–water partition coefficient (Wildman–Crippen LogP) is 5.71. The number of pyridine rings is 2. The van der Waals surface area contributed by atoms with Crippen molar-refractivity contribution < 1.29 is 23.8 Å². The first kappa shape index (κ1) is 26.9. The molecule has 0 spiro atoms. The third-order valence-corrected chi connectivity index (χ3v) is 9.09. The van der Waals surface area contributed by atoms with Crippen molar-refractivity contribution in [2.75, 3.05) is 19.8 Å². The topological polar surface area (TPSA) is 104 Å². The van der Waals surface area contributed by atoms with Crippen molar-refractivity contribution in [1.82, 2.24) is 24.3 Å². The summed E-state index contributed by atoms with van der Waals surface area (Å²) in [6, 6.07) is 5.22. The maximum atomic E-state index is 15.3. The summed E-state index contributed by atoms with van der Waals surface area (Å²) in [7, 11) is -1.31. The van der Waals surface area contributed by atoms with Gasteiger partial charge in [0.15, 0.2) is 5.69 Å². The minimum Gasteiger partial charge on any atom is -0.476 e. The Kier molecular flexibility index (Phi) is 7.67. The average Bonchev–Trinajstić information content (AvgIpc) is 3.39. The van der Waals surface area contributed by atoms with Gasteiger partial charge in [-0.1, -0.05) is 19.6 Å². The lowest BCUT2D eigenvalue weighted by Crippen LogP contribution is -2.28. The van der Waals surface area contributed by atoms with Crippen LogP contribution in [0.2, 0.25) is 25.7 Å². The number of carboxylic acid groups (broad SMARTS) is 1. The molecule has 1 aliphatic heterocycles. The normalized spacial score (nSPS) is 15.9. The molecule has 4 aromatic rings. The van der Waals surface area contributed by atoms with Crippen LogP contribution in [0.15, 0.2) is 35.1 Å². The number of hydrogen-bond donors (Lipinski definition) is 1. The molecule has 1 aliphatic rings. The van der Waals surface area contributed by atoms with Gasteiger partial charge in [0, 0.05) is 44.8 Å². The Morgan fingerprint density at radius 3 is 2.74 bits per heavy atom. The number of carboxylic acids is 1. The van der Waals surface area contributed by atoms with E-state index in [0.717, 1.165) is 10.5 Å². The van der Waals surface area contributed by atoms with Crippen molar-refractivity contribution in [3.63, 3.8) is 0 Å². The van der Waals surface area contributed by atoms with Crippen LogP contribution in [-0.4, -0.2) is 63.3 Å². The van der Waals surface area contributed by atoms with E-state index in [1.807, 2.05) is 10.6 Å². The van der Waals surface area contributed by atoms with Gasteiger partial charge in [0.25, 0.3) is 0 Å². The van der Waals surface area contributed by atoms with Crippen LogP contribution in [0, 0.1) is 11.7 Å². The van der Waals surface area contributed by atoms with Crippen molar-refractivity contribution in [3.8, 4) is 0 Å². The molecule has 38 heavy (non-hydrogen) atoms. The van der Waals surface area contributed by atoms with E-state index in [4.69, 9.17) is 9.47 Å². The van der Waals surface area contributed by atoms with E-state index in [-0.39, 0.29) is 24.0 Å².